The second-order valence-electron chi connectivity index (χ2n) is 4.01. The number of benzene rings is 2. The smallest absolute Gasteiger partial charge is 0.264 e. The Balaban J connectivity index is 2.48. The molecule has 0 unspecified atom stereocenters. The van der Waals surface area contributed by atoms with Crippen LogP contribution in [0.1, 0.15) is 0 Å². The number of nitrogens with one attached hydrogen (secondary N) is 1. The van der Waals surface area contributed by atoms with Gasteiger partial charge in [0.15, 0.2) is 11.6 Å². The number of nitrogen functional groups attached to an aromatic ring is 1. The lowest BCUT2D eigenvalue weighted by atomic mass is 10.3. The Bertz CT molecular complexity index is 809. The van der Waals surface area contributed by atoms with Crippen LogP contribution in [0, 0.1) is 23.3 Å². The monoisotopic (exact) mass is 320 g/mol. The fraction of sp³-hybridized carbons (Fsp3) is 0. The maximum atomic E-state index is 13.5. The zero-order valence-electron chi connectivity index (χ0n) is 10.2. The summed E-state index contributed by atoms with van der Waals surface area (Å²) in [4.78, 5) is -0.981. The highest BCUT2D eigenvalue weighted by molar-refractivity contribution is 7.92. The van der Waals surface area contributed by atoms with Gasteiger partial charge in [-0.15, -0.1) is 0 Å². The molecule has 9 heteroatoms. The van der Waals surface area contributed by atoms with E-state index in [-0.39, 0.29) is 6.07 Å². The molecule has 2 rings (SSSR count). The van der Waals surface area contributed by atoms with Crippen molar-refractivity contribution >= 4 is 21.4 Å². The van der Waals surface area contributed by atoms with Crippen molar-refractivity contribution in [3.8, 4) is 0 Å². The third kappa shape index (κ3) is 2.92. The number of sulfonamides is 1. The van der Waals surface area contributed by atoms with Gasteiger partial charge < -0.3 is 5.73 Å². The number of rotatable bonds is 3. The molecule has 2 aromatic rings. The molecule has 0 aliphatic rings. The molecule has 0 spiro atoms. The van der Waals surface area contributed by atoms with Crippen LogP contribution in [0.3, 0.4) is 0 Å². The van der Waals surface area contributed by atoms with Crippen molar-refractivity contribution in [2.24, 2.45) is 0 Å². The highest BCUT2D eigenvalue weighted by Crippen LogP contribution is 2.25. The van der Waals surface area contributed by atoms with Gasteiger partial charge in [0, 0.05) is 6.07 Å². The summed E-state index contributed by atoms with van der Waals surface area (Å²) in [6.45, 7) is 0. The fourth-order valence-corrected chi connectivity index (χ4v) is 2.69. The maximum Gasteiger partial charge on any atom is 0.264 e. The number of halogens is 4. The molecule has 0 fully saturated rings. The summed E-state index contributed by atoms with van der Waals surface area (Å²) in [5.74, 6) is -5.28. The lowest BCUT2D eigenvalue weighted by Crippen LogP contribution is -2.16. The van der Waals surface area contributed by atoms with Crippen molar-refractivity contribution in [2.45, 2.75) is 4.90 Å². The molecule has 0 aliphatic carbocycles. The van der Waals surface area contributed by atoms with Gasteiger partial charge in [0.1, 0.15) is 16.5 Å². The minimum atomic E-state index is -4.60. The molecule has 0 atom stereocenters. The second-order valence-corrected chi connectivity index (χ2v) is 5.66. The van der Waals surface area contributed by atoms with Crippen molar-refractivity contribution in [3.05, 3.63) is 53.6 Å². The molecule has 3 N–H and O–H groups in total. The van der Waals surface area contributed by atoms with Crippen LogP contribution in [0.4, 0.5) is 28.9 Å². The van der Waals surface area contributed by atoms with Crippen LogP contribution >= 0.6 is 0 Å². The SMILES string of the molecule is Nc1cc(S(=O)(=O)Nc2cccc(F)c2F)c(F)cc1F. The predicted molar refractivity (Wildman–Crippen MR) is 67.9 cm³/mol. The molecular weight excluding hydrogens is 312 g/mol. The lowest BCUT2D eigenvalue weighted by Gasteiger charge is -2.10. The first-order valence-electron chi connectivity index (χ1n) is 5.43. The average Bonchev–Trinajstić information content (AvgIpc) is 2.39. The summed E-state index contributed by atoms with van der Waals surface area (Å²) in [6, 6.07) is 3.62. The first kappa shape index (κ1) is 15.1. The highest BCUT2D eigenvalue weighted by Gasteiger charge is 2.23. The van der Waals surface area contributed by atoms with E-state index in [1.54, 1.807) is 4.72 Å². The molecular formula is C12H8F4N2O2S. The third-order valence-corrected chi connectivity index (χ3v) is 3.92. The molecule has 0 aromatic heterocycles. The maximum absolute atomic E-state index is 13.5. The summed E-state index contributed by atoms with van der Waals surface area (Å²) < 4.78 is 78.5. The molecule has 0 bridgehead atoms. The fourth-order valence-electron chi connectivity index (χ4n) is 1.53. The van der Waals surface area contributed by atoms with Crippen LogP contribution in [-0.4, -0.2) is 8.42 Å². The van der Waals surface area contributed by atoms with Gasteiger partial charge in [-0.3, -0.25) is 4.72 Å². The summed E-state index contributed by atoms with van der Waals surface area (Å²) in [7, 11) is -4.60. The molecule has 112 valence electrons. The predicted octanol–water partition coefficient (Wildman–Crippen LogP) is 2.63. The zero-order valence-corrected chi connectivity index (χ0v) is 11.0. The van der Waals surface area contributed by atoms with E-state index in [1.165, 1.54) is 0 Å². The Morgan fingerprint density at radius 2 is 1.62 bits per heavy atom. The van der Waals surface area contributed by atoms with Crippen LogP contribution in [0.2, 0.25) is 0 Å². The Morgan fingerprint density at radius 1 is 0.952 bits per heavy atom. The van der Waals surface area contributed by atoms with Crippen LogP contribution in [0.5, 0.6) is 0 Å². The number of hydrogen-bond donors (Lipinski definition) is 2. The van der Waals surface area contributed by atoms with E-state index in [0.717, 1.165) is 18.2 Å². The standard InChI is InChI=1S/C12H8F4N2O2S/c13-6-2-1-3-10(12(6)16)18-21(19,20)11-5-9(17)7(14)4-8(11)15/h1-5,18H,17H2. The third-order valence-electron chi connectivity index (χ3n) is 2.54. The molecule has 0 aliphatic heterocycles. The lowest BCUT2D eigenvalue weighted by molar-refractivity contribution is 0.511. The van der Waals surface area contributed by atoms with E-state index in [9.17, 15) is 26.0 Å². The molecule has 0 amide bonds. The summed E-state index contributed by atoms with van der Waals surface area (Å²) in [5.41, 5.74) is 3.85. The van der Waals surface area contributed by atoms with E-state index >= 15 is 0 Å². The van der Waals surface area contributed by atoms with Crippen LogP contribution < -0.4 is 10.5 Å². The normalized spacial score (nSPS) is 11.4. The average molecular weight is 320 g/mol. The molecule has 0 saturated carbocycles. The molecule has 2 aromatic carbocycles. The molecule has 0 radical (unpaired) electrons. The Hall–Kier alpha value is -2.29. The molecule has 21 heavy (non-hydrogen) atoms. The van der Waals surface area contributed by atoms with Gasteiger partial charge in [0.2, 0.25) is 0 Å². The topological polar surface area (TPSA) is 72.2 Å². The number of anilines is 2. The van der Waals surface area contributed by atoms with Crippen LogP contribution in [0.25, 0.3) is 0 Å². The zero-order chi connectivity index (χ0) is 15.8. The molecule has 4 nitrogen and oxygen atoms in total. The van der Waals surface area contributed by atoms with E-state index in [4.69, 9.17) is 5.73 Å². The van der Waals surface area contributed by atoms with Gasteiger partial charge in [-0.2, -0.15) is 0 Å². The van der Waals surface area contributed by atoms with E-state index < -0.39 is 49.6 Å². The van der Waals surface area contributed by atoms with E-state index in [0.29, 0.717) is 6.07 Å². The van der Waals surface area contributed by atoms with Crippen molar-refractivity contribution in [2.75, 3.05) is 10.5 Å². The Kier molecular flexibility index (Phi) is 3.77. The van der Waals surface area contributed by atoms with Gasteiger partial charge >= 0.3 is 0 Å². The van der Waals surface area contributed by atoms with Crippen molar-refractivity contribution < 1.29 is 26.0 Å². The van der Waals surface area contributed by atoms with Crippen molar-refractivity contribution in [1.82, 2.24) is 0 Å². The minimum Gasteiger partial charge on any atom is -0.396 e. The molecule has 0 heterocycles. The van der Waals surface area contributed by atoms with Gasteiger partial charge in [-0.1, -0.05) is 6.07 Å². The van der Waals surface area contributed by atoms with Gasteiger partial charge in [0.25, 0.3) is 10.0 Å². The largest absolute Gasteiger partial charge is 0.396 e. The van der Waals surface area contributed by atoms with Crippen LogP contribution in [-0.2, 0) is 10.0 Å². The quantitative estimate of drug-likeness (QED) is 0.674. The Morgan fingerprint density at radius 3 is 2.29 bits per heavy atom. The molecule has 0 saturated heterocycles. The summed E-state index contributed by atoms with van der Waals surface area (Å²) >= 11 is 0. The van der Waals surface area contributed by atoms with Crippen molar-refractivity contribution in [3.63, 3.8) is 0 Å². The Labute approximate surface area is 117 Å². The van der Waals surface area contributed by atoms with Gasteiger partial charge in [-0.05, 0) is 18.2 Å². The first-order chi connectivity index (χ1) is 9.72. The van der Waals surface area contributed by atoms with Gasteiger partial charge in [0.05, 0.1) is 11.4 Å². The number of hydrogen-bond acceptors (Lipinski definition) is 3. The van der Waals surface area contributed by atoms with E-state index in [1.807, 2.05) is 0 Å². The number of nitrogens with two attached hydrogens (primary N) is 1. The van der Waals surface area contributed by atoms with Crippen LogP contribution in [0.15, 0.2) is 35.2 Å². The minimum absolute atomic E-state index is 0.284. The van der Waals surface area contributed by atoms with E-state index in [2.05, 4.69) is 0 Å². The summed E-state index contributed by atoms with van der Waals surface area (Å²) in [6.07, 6.45) is 0. The van der Waals surface area contributed by atoms with Crippen molar-refractivity contribution in [1.29, 1.82) is 0 Å². The first-order valence-corrected chi connectivity index (χ1v) is 6.92. The second kappa shape index (κ2) is 5.24. The highest BCUT2D eigenvalue weighted by atomic mass is 32.2. The summed E-state index contributed by atoms with van der Waals surface area (Å²) in [5, 5.41) is 0. The van der Waals surface area contributed by atoms with Gasteiger partial charge in [-0.25, -0.2) is 26.0 Å².